The van der Waals surface area contributed by atoms with Crippen molar-refractivity contribution in [2.75, 3.05) is 10.6 Å². The minimum atomic E-state index is -0.464. The Kier molecular flexibility index (Phi) is 9.68. The van der Waals surface area contributed by atoms with Crippen LogP contribution in [0.25, 0.3) is 28.1 Å². The zero-order chi connectivity index (χ0) is 31.9. The van der Waals surface area contributed by atoms with E-state index in [1.807, 2.05) is 65.5 Å². The number of benzene rings is 4. The molecule has 6 aromatic rings. The first-order valence-electron chi connectivity index (χ1n) is 14.4. The third-order valence-corrected chi connectivity index (χ3v) is 9.49. The van der Waals surface area contributed by atoms with Gasteiger partial charge in [0, 0.05) is 27.1 Å². The number of rotatable bonds is 10. The molecule has 0 radical (unpaired) electrons. The lowest BCUT2D eigenvalue weighted by atomic mass is 10.1. The van der Waals surface area contributed by atoms with Crippen LogP contribution in [0.3, 0.4) is 0 Å². The van der Waals surface area contributed by atoms with Crippen LogP contribution in [0.1, 0.15) is 22.8 Å². The molecule has 7 nitrogen and oxygen atoms in total. The van der Waals surface area contributed by atoms with Gasteiger partial charge in [-0.3, -0.25) is 14.4 Å². The molecule has 6 rings (SSSR count). The average molecular weight is 661 g/mol. The number of carbonyl (C=O) groups is 3. The third-order valence-electron chi connectivity index (χ3n) is 6.94. The summed E-state index contributed by atoms with van der Waals surface area (Å²) in [5.41, 5.74) is 3.70. The summed E-state index contributed by atoms with van der Waals surface area (Å²) < 4.78 is 0. The number of fused-ring (bicyclic) bond motifs is 1. The lowest BCUT2D eigenvalue weighted by Gasteiger charge is -2.13. The fourth-order valence-corrected chi connectivity index (χ4v) is 6.86. The topological polar surface area (TPSA) is 100 Å². The Morgan fingerprint density at radius 1 is 0.826 bits per heavy atom. The lowest BCUT2D eigenvalue weighted by Crippen LogP contribution is -2.30. The second-order valence-electron chi connectivity index (χ2n) is 10.3. The Balaban J connectivity index is 1.09. The van der Waals surface area contributed by atoms with Crippen LogP contribution >= 0.6 is 34.4 Å². The van der Waals surface area contributed by atoms with Crippen LogP contribution in [-0.2, 0) is 9.59 Å². The first kappa shape index (κ1) is 31.0. The largest absolute Gasteiger partial charge is 0.321 e. The van der Waals surface area contributed by atoms with Gasteiger partial charge in [-0.25, -0.2) is 4.98 Å². The molecule has 0 saturated heterocycles. The first-order valence-corrected chi connectivity index (χ1v) is 17.1. The summed E-state index contributed by atoms with van der Waals surface area (Å²) in [5, 5.41) is 16.7. The smallest absolute Gasteiger partial charge is 0.272 e. The van der Waals surface area contributed by atoms with Crippen LogP contribution in [0.4, 0.5) is 10.8 Å². The SMILES string of the molecule is CC(Sc1cccc(NC(=O)/C(=C/c2ccsc2)NC(=O)c2ccccc2)c1)C(=O)Nc1nc(-c2ccc3ccccc3c2)cs1. The van der Waals surface area contributed by atoms with E-state index in [0.29, 0.717) is 16.4 Å². The zero-order valence-corrected chi connectivity index (χ0v) is 27.0. The first-order chi connectivity index (χ1) is 22.4. The number of hydrogen-bond donors (Lipinski definition) is 3. The number of aromatic nitrogens is 1. The molecule has 3 N–H and O–H groups in total. The molecular weight excluding hydrogens is 633 g/mol. The Morgan fingerprint density at radius 3 is 2.43 bits per heavy atom. The molecule has 10 heteroatoms. The van der Waals surface area contributed by atoms with E-state index in [0.717, 1.165) is 32.5 Å². The minimum absolute atomic E-state index is 0.115. The highest BCUT2D eigenvalue weighted by molar-refractivity contribution is 8.00. The molecule has 0 spiro atoms. The molecule has 2 heterocycles. The van der Waals surface area contributed by atoms with Gasteiger partial charge < -0.3 is 16.0 Å². The number of carbonyl (C=O) groups excluding carboxylic acids is 3. The van der Waals surface area contributed by atoms with Crippen LogP contribution in [0, 0.1) is 0 Å². The molecule has 1 unspecified atom stereocenters. The van der Waals surface area contributed by atoms with Gasteiger partial charge >= 0.3 is 0 Å². The van der Waals surface area contributed by atoms with Crippen molar-refractivity contribution in [3.05, 3.63) is 136 Å². The molecule has 0 aliphatic heterocycles. The number of anilines is 2. The molecular formula is C36H28N4O3S3. The van der Waals surface area contributed by atoms with Crippen LogP contribution in [0.15, 0.2) is 130 Å². The lowest BCUT2D eigenvalue weighted by molar-refractivity contribution is -0.115. The number of thiophene rings is 1. The van der Waals surface area contributed by atoms with Gasteiger partial charge in [-0.2, -0.15) is 11.3 Å². The molecule has 1 atom stereocenters. The summed E-state index contributed by atoms with van der Waals surface area (Å²) in [4.78, 5) is 44.7. The molecule has 228 valence electrons. The van der Waals surface area contributed by atoms with Crippen molar-refractivity contribution in [3.8, 4) is 11.3 Å². The number of nitrogens with zero attached hydrogens (tertiary/aromatic N) is 1. The van der Waals surface area contributed by atoms with E-state index in [1.165, 1.54) is 34.4 Å². The van der Waals surface area contributed by atoms with E-state index in [1.54, 1.807) is 42.5 Å². The van der Waals surface area contributed by atoms with Gasteiger partial charge in [-0.05, 0) is 82.6 Å². The summed E-state index contributed by atoms with van der Waals surface area (Å²) in [6.45, 7) is 1.82. The molecule has 3 amide bonds. The zero-order valence-electron chi connectivity index (χ0n) is 24.6. The minimum Gasteiger partial charge on any atom is -0.321 e. The molecule has 46 heavy (non-hydrogen) atoms. The van der Waals surface area contributed by atoms with Crippen molar-refractivity contribution in [2.24, 2.45) is 0 Å². The Hall–Kier alpha value is -5.03. The normalized spacial score (nSPS) is 12.0. The molecule has 2 aromatic heterocycles. The molecule has 0 saturated carbocycles. The highest BCUT2D eigenvalue weighted by atomic mass is 32.2. The number of amides is 3. The summed E-state index contributed by atoms with van der Waals surface area (Å²) in [6.07, 6.45) is 1.64. The molecule has 0 fully saturated rings. The van der Waals surface area contributed by atoms with Gasteiger partial charge in [0.2, 0.25) is 5.91 Å². The number of hydrogen-bond acceptors (Lipinski definition) is 7. The van der Waals surface area contributed by atoms with Crippen LogP contribution in [-0.4, -0.2) is 28.0 Å². The predicted molar refractivity (Wildman–Crippen MR) is 190 cm³/mol. The Morgan fingerprint density at radius 2 is 1.63 bits per heavy atom. The van der Waals surface area contributed by atoms with Gasteiger partial charge in [0.25, 0.3) is 11.8 Å². The van der Waals surface area contributed by atoms with Gasteiger partial charge in [0.15, 0.2) is 5.13 Å². The van der Waals surface area contributed by atoms with Gasteiger partial charge in [0.05, 0.1) is 10.9 Å². The van der Waals surface area contributed by atoms with Crippen LogP contribution in [0.5, 0.6) is 0 Å². The van der Waals surface area contributed by atoms with E-state index in [4.69, 9.17) is 0 Å². The highest BCUT2D eigenvalue weighted by Crippen LogP contribution is 2.30. The molecule has 4 aromatic carbocycles. The number of thioether (sulfide) groups is 1. The van der Waals surface area contributed by atoms with Crippen molar-refractivity contribution in [1.29, 1.82) is 0 Å². The number of thiazole rings is 1. The van der Waals surface area contributed by atoms with Gasteiger partial charge in [-0.15, -0.1) is 23.1 Å². The summed E-state index contributed by atoms with van der Waals surface area (Å²) in [6, 6.07) is 32.2. The van der Waals surface area contributed by atoms with Gasteiger partial charge in [-0.1, -0.05) is 60.7 Å². The quantitative estimate of drug-likeness (QED) is 0.101. The highest BCUT2D eigenvalue weighted by Gasteiger charge is 2.18. The van der Waals surface area contributed by atoms with Crippen molar-refractivity contribution >= 4 is 79.8 Å². The van der Waals surface area contributed by atoms with Crippen molar-refractivity contribution in [3.63, 3.8) is 0 Å². The van der Waals surface area contributed by atoms with Crippen LogP contribution in [0.2, 0.25) is 0 Å². The van der Waals surface area contributed by atoms with Crippen LogP contribution < -0.4 is 16.0 Å². The van der Waals surface area contributed by atoms with E-state index in [9.17, 15) is 14.4 Å². The maximum Gasteiger partial charge on any atom is 0.272 e. The van der Waals surface area contributed by atoms with Crippen molar-refractivity contribution < 1.29 is 14.4 Å². The standard InChI is InChI=1S/C36H28N4O3S3/c1-23(33(41)40-36-39-32(22-45-36)28-15-14-25-8-5-6-11-27(25)19-28)46-30-13-7-12-29(20-30)37-35(43)31(18-24-16-17-44-21-24)38-34(42)26-9-3-2-4-10-26/h2-23H,1H3,(H,37,43)(H,38,42)(H,39,40,41)/b31-18-. The van der Waals surface area contributed by atoms with Gasteiger partial charge in [0.1, 0.15) is 5.70 Å². The van der Waals surface area contributed by atoms with E-state index < -0.39 is 11.2 Å². The fraction of sp³-hybridized carbons (Fsp3) is 0.0556. The monoisotopic (exact) mass is 660 g/mol. The number of nitrogens with one attached hydrogen (secondary N) is 3. The van der Waals surface area contributed by atoms with E-state index in [-0.39, 0.29) is 17.5 Å². The summed E-state index contributed by atoms with van der Waals surface area (Å²) >= 11 is 4.25. The average Bonchev–Trinajstić information content (AvgIpc) is 3.77. The van der Waals surface area contributed by atoms with Crippen molar-refractivity contribution in [2.45, 2.75) is 17.1 Å². The maximum absolute atomic E-state index is 13.4. The Labute approximate surface area is 278 Å². The predicted octanol–water partition coefficient (Wildman–Crippen LogP) is 8.55. The second-order valence-corrected chi connectivity index (χ2v) is 13.3. The second kappa shape index (κ2) is 14.4. The maximum atomic E-state index is 13.4. The fourth-order valence-electron chi connectivity index (χ4n) is 4.59. The molecule has 0 aliphatic carbocycles. The van der Waals surface area contributed by atoms with E-state index in [2.05, 4.69) is 45.2 Å². The van der Waals surface area contributed by atoms with E-state index >= 15 is 0 Å². The van der Waals surface area contributed by atoms with Crippen molar-refractivity contribution in [1.82, 2.24) is 10.3 Å². The third kappa shape index (κ3) is 7.78. The summed E-state index contributed by atoms with van der Waals surface area (Å²) in [7, 11) is 0. The summed E-state index contributed by atoms with van der Waals surface area (Å²) in [5.74, 6) is -1.02. The molecule has 0 aliphatic rings. The molecule has 0 bridgehead atoms. The Bertz CT molecular complexity index is 2040.